The summed E-state index contributed by atoms with van der Waals surface area (Å²) in [6.45, 7) is 0. The second-order valence-corrected chi connectivity index (χ2v) is 8.31. The van der Waals surface area contributed by atoms with E-state index in [2.05, 4.69) is 83.4 Å². The Morgan fingerprint density at radius 3 is 2.26 bits per heavy atom. The third-order valence-corrected chi connectivity index (χ3v) is 6.64. The van der Waals surface area contributed by atoms with E-state index in [1.54, 1.807) is 0 Å². The largest absolute Gasteiger partial charge is 0.309 e. The van der Waals surface area contributed by atoms with Crippen molar-refractivity contribution in [2.24, 2.45) is 0 Å². The van der Waals surface area contributed by atoms with Crippen LogP contribution in [0.5, 0.6) is 0 Å². The zero-order valence-corrected chi connectivity index (χ0v) is 15.9. The van der Waals surface area contributed by atoms with Gasteiger partial charge in [0.2, 0.25) is 0 Å². The van der Waals surface area contributed by atoms with Crippen molar-refractivity contribution in [3.63, 3.8) is 0 Å². The number of aromatic nitrogens is 1. The average molecular weight is 384 g/mol. The monoisotopic (exact) mass is 383 g/mol. The van der Waals surface area contributed by atoms with E-state index < -0.39 is 0 Å². The summed E-state index contributed by atoms with van der Waals surface area (Å²) in [7, 11) is 0. The molecule has 0 aliphatic rings. The smallest absolute Gasteiger partial charge is 0.0555 e. The normalized spacial score (nSPS) is 11.9. The van der Waals surface area contributed by atoms with Crippen LogP contribution in [0.15, 0.2) is 84.9 Å². The van der Waals surface area contributed by atoms with Gasteiger partial charge in [0.15, 0.2) is 0 Å². The molecule has 2 aromatic heterocycles. The third-order valence-electron chi connectivity index (χ3n) is 5.25. The molecular formula is C24H14ClNS. The first-order chi connectivity index (χ1) is 13.3. The summed E-state index contributed by atoms with van der Waals surface area (Å²) in [5, 5.41) is 5.86. The van der Waals surface area contributed by atoms with Crippen molar-refractivity contribution in [3.8, 4) is 5.69 Å². The van der Waals surface area contributed by atoms with Gasteiger partial charge in [-0.2, -0.15) is 0 Å². The standard InChI is InChI=1S/C24H14ClNS/c25-15-9-11-18-17-5-1-3-7-21(17)26(22(18)13-15)16-10-12-24-20(14-16)19-6-2-4-8-23(19)27-24/h1-14H. The molecule has 2 heterocycles. The van der Waals surface area contributed by atoms with E-state index in [1.807, 2.05) is 17.4 Å². The van der Waals surface area contributed by atoms with Crippen LogP contribution in [-0.2, 0) is 0 Å². The minimum atomic E-state index is 0.758. The van der Waals surface area contributed by atoms with Gasteiger partial charge in [0, 0.05) is 41.7 Å². The van der Waals surface area contributed by atoms with Crippen LogP contribution in [0.1, 0.15) is 0 Å². The average Bonchev–Trinajstić information content (AvgIpc) is 3.22. The van der Waals surface area contributed by atoms with Gasteiger partial charge in [0.05, 0.1) is 11.0 Å². The lowest BCUT2D eigenvalue weighted by Gasteiger charge is -2.08. The van der Waals surface area contributed by atoms with E-state index in [4.69, 9.17) is 11.6 Å². The first kappa shape index (κ1) is 15.3. The van der Waals surface area contributed by atoms with Crippen LogP contribution in [0.3, 0.4) is 0 Å². The van der Waals surface area contributed by atoms with Crippen molar-refractivity contribution in [2.75, 3.05) is 0 Å². The molecule has 1 nitrogen and oxygen atoms in total. The Kier molecular flexibility index (Phi) is 3.16. The summed E-state index contributed by atoms with van der Waals surface area (Å²) in [5.74, 6) is 0. The summed E-state index contributed by atoms with van der Waals surface area (Å²) in [5.41, 5.74) is 3.51. The molecule has 0 unspecified atom stereocenters. The third kappa shape index (κ3) is 2.18. The highest BCUT2D eigenvalue weighted by Crippen LogP contribution is 2.38. The van der Waals surface area contributed by atoms with Crippen molar-refractivity contribution < 1.29 is 0 Å². The topological polar surface area (TPSA) is 4.93 Å². The van der Waals surface area contributed by atoms with E-state index in [-0.39, 0.29) is 0 Å². The quantitative estimate of drug-likeness (QED) is 0.273. The molecule has 0 amide bonds. The Morgan fingerprint density at radius 2 is 1.33 bits per heavy atom. The number of nitrogens with zero attached hydrogens (tertiary/aromatic N) is 1. The van der Waals surface area contributed by atoms with Gasteiger partial charge in [0.25, 0.3) is 0 Å². The van der Waals surface area contributed by atoms with E-state index in [0.29, 0.717) is 0 Å². The summed E-state index contributed by atoms with van der Waals surface area (Å²) < 4.78 is 4.97. The number of thiophene rings is 1. The molecule has 0 bridgehead atoms. The minimum absolute atomic E-state index is 0.758. The lowest BCUT2D eigenvalue weighted by atomic mass is 10.1. The molecule has 0 aliphatic carbocycles. The summed E-state index contributed by atoms with van der Waals surface area (Å²) in [6.07, 6.45) is 0. The fraction of sp³-hybridized carbons (Fsp3) is 0. The second-order valence-electron chi connectivity index (χ2n) is 6.79. The SMILES string of the molecule is Clc1ccc2c3ccccc3n(-c3ccc4sc5ccccc5c4c3)c2c1. The predicted molar refractivity (Wildman–Crippen MR) is 119 cm³/mol. The van der Waals surface area contributed by atoms with Gasteiger partial charge < -0.3 is 4.57 Å². The summed E-state index contributed by atoms with van der Waals surface area (Å²) in [6, 6.07) is 30.1. The number of rotatable bonds is 1. The summed E-state index contributed by atoms with van der Waals surface area (Å²) in [4.78, 5) is 0. The highest BCUT2D eigenvalue weighted by atomic mass is 35.5. The van der Waals surface area contributed by atoms with E-state index >= 15 is 0 Å². The number of hydrogen-bond donors (Lipinski definition) is 0. The van der Waals surface area contributed by atoms with Crippen LogP contribution in [0.2, 0.25) is 5.02 Å². The molecule has 0 N–H and O–H groups in total. The molecule has 128 valence electrons. The fourth-order valence-electron chi connectivity index (χ4n) is 4.08. The van der Waals surface area contributed by atoms with Crippen molar-refractivity contribution in [1.29, 1.82) is 0 Å². The molecule has 0 aliphatic heterocycles. The molecule has 27 heavy (non-hydrogen) atoms. The summed E-state index contributed by atoms with van der Waals surface area (Å²) >= 11 is 8.20. The number of benzene rings is 4. The maximum absolute atomic E-state index is 6.35. The number of halogens is 1. The van der Waals surface area contributed by atoms with Crippen molar-refractivity contribution in [1.82, 2.24) is 4.57 Å². The van der Waals surface area contributed by atoms with Crippen molar-refractivity contribution in [3.05, 3.63) is 90.0 Å². The van der Waals surface area contributed by atoms with E-state index in [9.17, 15) is 0 Å². The second kappa shape index (κ2) is 5.59. The number of hydrogen-bond acceptors (Lipinski definition) is 1. The first-order valence-electron chi connectivity index (χ1n) is 8.90. The molecule has 0 spiro atoms. The minimum Gasteiger partial charge on any atom is -0.309 e. The first-order valence-corrected chi connectivity index (χ1v) is 10.1. The van der Waals surface area contributed by atoms with Crippen molar-refractivity contribution >= 4 is 64.9 Å². The van der Waals surface area contributed by atoms with Gasteiger partial charge in [-0.3, -0.25) is 0 Å². The molecule has 0 saturated heterocycles. The Morgan fingerprint density at radius 1 is 0.593 bits per heavy atom. The Bertz CT molecular complexity index is 1490. The highest BCUT2D eigenvalue weighted by molar-refractivity contribution is 7.25. The van der Waals surface area contributed by atoms with Gasteiger partial charge in [0.1, 0.15) is 0 Å². The maximum Gasteiger partial charge on any atom is 0.0555 e. The molecule has 6 aromatic rings. The van der Waals surface area contributed by atoms with Gasteiger partial charge in [-0.1, -0.05) is 54.1 Å². The van der Waals surface area contributed by atoms with Gasteiger partial charge in [-0.05, 0) is 42.5 Å². The van der Waals surface area contributed by atoms with Crippen LogP contribution >= 0.6 is 22.9 Å². The molecule has 0 fully saturated rings. The van der Waals surface area contributed by atoms with Crippen LogP contribution in [-0.4, -0.2) is 4.57 Å². The zero-order valence-electron chi connectivity index (χ0n) is 14.3. The maximum atomic E-state index is 6.35. The molecule has 0 saturated carbocycles. The molecule has 4 aromatic carbocycles. The van der Waals surface area contributed by atoms with E-state index in [1.165, 1.54) is 42.1 Å². The molecule has 0 radical (unpaired) electrons. The molecule has 0 atom stereocenters. The lowest BCUT2D eigenvalue weighted by molar-refractivity contribution is 1.19. The van der Waals surface area contributed by atoms with Crippen LogP contribution in [0.4, 0.5) is 0 Å². The Hall–Kier alpha value is -2.81. The van der Waals surface area contributed by atoms with Crippen LogP contribution < -0.4 is 0 Å². The number of para-hydroxylation sites is 1. The highest BCUT2D eigenvalue weighted by Gasteiger charge is 2.13. The molecule has 6 rings (SSSR count). The lowest BCUT2D eigenvalue weighted by Crippen LogP contribution is -1.93. The van der Waals surface area contributed by atoms with Crippen LogP contribution in [0, 0.1) is 0 Å². The molecule has 3 heteroatoms. The Labute approximate surface area is 165 Å². The zero-order chi connectivity index (χ0) is 18.0. The number of fused-ring (bicyclic) bond motifs is 6. The van der Waals surface area contributed by atoms with Gasteiger partial charge in [-0.15, -0.1) is 11.3 Å². The van der Waals surface area contributed by atoms with E-state index in [0.717, 1.165) is 10.5 Å². The predicted octanol–water partition coefficient (Wildman–Crippen LogP) is 7.81. The van der Waals surface area contributed by atoms with Crippen molar-refractivity contribution in [2.45, 2.75) is 0 Å². The Balaban J connectivity index is 1.76. The van der Waals surface area contributed by atoms with Gasteiger partial charge in [-0.25, -0.2) is 0 Å². The van der Waals surface area contributed by atoms with Gasteiger partial charge >= 0.3 is 0 Å². The molecular weight excluding hydrogens is 370 g/mol. The van der Waals surface area contributed by atoms with Crippen LogP contribution in [0.25, 0.3) is 47.7 Å². The fourth-order valence-corrected chi connectivity index (χ4v) is 5.33.